The van der Waals surface area contributed by atoms with Crippen molar-refractivity contribution in [3.63, 3.8) is 0 Å². The van der Waals surface area contributed by atoms with Crippen LogP contribution in [0, 0.1) is 0 Å². The monoisotopic (exact) mass is 384 g/mol. The zero-order valence-electron chi connectivity index (χ0n) is 15.5. The van der Waals surface area contributed by atoms with E-state index in [0.717, 1.165) is 34.0 Å². The molecule has 26 heavy (non-hydrogen) atoms. The summed E-state index contributed by atoms with van der Waals surface area (Å²) in [6.45, 7) is 6.67. The molecule has 0 fully saturated rings. The van der Waals surface area contributed by atoms with Crippen LogP contribution in [0.15, 0.2) is 34.2 Å². The van der Waals surface area contributed by atoms with Crippen molar-refractivity contribution in [2.24, 2.45) is 0 Å². The summed E-state index contributed by atoms with van der Waals surface area (Å²) in [4.78, 5) is 22.6. The first-order valence-electron chi connectivity index (χ1n) is 9.18. The normalized spacial score (nSPS) is 14.6. The zero-order valence-corrected chi connectivity index (χ0v) is 17.1. The molecule has 2 heterocycles. The number of aromatic amines is 1. The van der Waals surface area contributed by atoms with Gasteiger partial charge in [0.15, 0.2) is 5.16 Å². The van der Waals surface area contributed by atoms with E-state index < -0.39 is 0 Å². The number of fused-ring (bicyclic) bond motifs is 3. The van der Waals surface area contributed by atoms with E-state index in [2.05, 4.69) is 50.0 Å². The molecule has 1 aliphatic carbocycles. The number of rotatable bonds is 3. The molecule has 0 unspecified atom stereocenters. The van der Waals surface area contributed by atoms with Crippen molar-refractivity contribution in [3.8, 4) is 0 Å². The van der Waals surface area contributed by atoms with Crippen LogP contribution in [0.1, 0.15) is 55.2 Å². The number of hydrogen-bond donors (Lipinski definition) is 1. The molecule has 0 atom stereocenters. The number of thiophene rings is 1. The Labute approximate surface area is 162 Å². The number of aromatic nitrogens is 2. The fourth-order valence-electron chi connectivity index (χ4n) is 3.47. The van der Waals surface area contributed by atoms with Crippen LogP contribution in [0.5, 0.6) is 0 Å². The van der Waals surface area contributed by atoms with E-state index >= 15 is 0 Å². The van der Waals surface area contributed by atoms with E-state index in [1.807, 2.05) is 0 Å². The zero-order chi connectivity index (χ0) is 18.3. The number of nitrogens with one attached hydrogen (secondary N) is 1. The molecular weight excluding hydrogens is 360 g/mol. The minimum Gasteiger partial charge on any atom is -0.301 e. The van der Waals surface area contributed by atoms with E-state index in [0.29, 0.717) is 0 Å². The van der Waals surface area contributed by atoms with E-state index in [9.17, 15) is 4.79 Å². The summed E-state index contributed by atoms with van der Waals surface area (Å²) in [6, 6.07) is 8.74. The fraction of sp³-hybridized carbons (Fsp3) is 0.429. The summed E-state index contributed by atoms with van der Waals surface area (Å²) in [5.41, 5.74) is 4.03. The lowest BCUT2D eigenvalue weighted by atomic mass is 9.87. The Balaban J connectivity index is 1.55. The standard InChI is InChI=1S/C21H24N2OS2/c1-21(2,3)14-10-8-13(9-11-14)12-25-20-22-18(24)17-15-6-4-5-7-16(15)26-19(17)23-20/h8-11H,4-7,12H2,1-3H3,(H,22,23,24). The average molecular weight is 385 g/mol. The number of hydrogen-bond acceptors (Lipinski definition) is 4. The number of benzene rings is 1. The van der Waals surface area contributed by atoms with Crippen molar-refractivity contribution < 1.29 is 0 Å². The third-order valence-electron chi connectivity index (χ3n) is 5.00. The van der Waals surface area contributed by atoms with Gasteiger partial charge < -0.3 is 4.98 Å². The molecule has 2 aromatic heterocycles. The summed E-state index contributed by atoms with van der Waals surface area (Å²) >= 11 is 3.31. The summed E-state index contributed by atoms with van der Waals surface area (Å²) in [7, 11) is 0. The minimum absolute atomic E-state index is 0.0278. The van der Waals surface area contributed by atoms with Gasteiger partial charge in [-0.05, 0) is 47.8 Å². The second-order valence-corrected chi connectivity index (χ2v) is 10.0. The minimum atomic E-state index is 0.0278. The number of thioether (sulfide) groups is 1. The molecule has 3 nitrogen and oxygen atoms in total. The van der Waals surface area contributed by atoms with Crippen molar-refractivity contribution in [2.75, 3.05) is 0 Å². The van der Waals surface area contributed by atoms with Gasteiger partial charge in [-0.25, -0.2) is 4.98 Å². The van der Waals surface area contributed by atoms with Gasteiger partial charge in [0.1, 0.15) is 4.83 Å². The molecule has 1 N–H and O–H groups in total. The first-order chi connectivity index (χ1) is 12.4. The van der Waals surface area contributed by atoms with Crippen LogP contribution in [-0.2, 0) is 24.0 Å². The first kappa shape index (κ1) is 17.8. The van der Waals surface area contributed by atoms with Crippen molar-refractivity contribution in [3.05, 3.63) is 56.2 Å². The molecular formula is C21H24N2OS2. The Bertz CT molecular complexity index is 994. The van der Waals surface area contributed by atoms with Crippen LogP contribution >= 0.6 is 23.1 Å². The van der Waals surface area contributed by atoms with E-state index in [1.165, 1.54) is 34.4 Å². The van der Waals surface area contributed by atoms with Gasteiger partial charge in [0.2, 0.25) is 0 Å². The van der Waals surface area contributed by atoms with Gasteiger partial charge in [-0.2, -0.15) is 0 Å². The maximum Gasteiger partial charge on any atom is 0.260 e. The van der Waals surface area contributed by atoms with Gasteiger partial charge in [0.25, 0.3) is 5.56 Å². The maximum absolute atomic E-state index is 12.6. The molecule has 0 saturated carbocycles. The maximum atomic E-state index is 12.6. The fourth-order valence-corrected chi connectivity index (χ4v) is 5.60. The molecule has 0 amide bonds. The highest BCUT2D eigenvalue weighted by Gasteiger charge is 2.20. The molecule has 136 valence electrons. The Morgan fingerprint density at radius 1 is 1.15 bits per heavy atom. The van der Waals surface area contributed by atoms with Crippen LogP contribution in [0.25, 0.3) is 10.2 Å². The Morgan fingerprint density at radius 3 is 2.62 bits per heavy atom. The van der Waals surface area contributed by atoms with Crippen molar-refractivity contribution in [1.82, 2.24) is 9.97 Å². The Kier molecular flexibility index (Phi) is 4.70. The molecule has 0 saturated heterocycles. The van der Waals surface area contributed by atoms with Gasteiger partial charge in [0.05, 0.1) is 5.39 Å². The summed E-state index contributed by atoms with van der Waals surface area (Å²) in [5, 5.41) is 1.56. The quantitative estimate of drug-likeness (QED) is 0.482. The molecule has 5 heteroatoms. The highest BCUT2D eigenvalue weighted by Crippen LogP contribution is 2.34. The lowest BCUT2D eigenvalue weighted by Gasteiger charge is -2.19. The van der Waals surface area contributed by atoms with Gasteiger partial charge >= 0.3 is 0 Å². The smallest absolute Gasteiger partial charge is 0.260 e. The van der Waals surface area contributed by atoms with Crippen molar-refractivity contribution in [1.29, 1.82) is 0 Å². The number of H-pyrrole nitrogens is 1. The molecule has 0 bridgehead atoms. The third kappa shape index (κ3) is 3.47. The Morgan fingerprint density at radius 2 is 1.88 bits per heavy atom. The van der Waals surface area contributed by atoms with Crippen LogP contribution in [0.2, 0.25) is 0 Å². The highest BCUT2D eigenvalue weighted by atomic mass is 32.2. The lowest BCUT2D eigenvalue weighted by molar-refractivity contribution is 0.590. The highest BCUT2D eigenvalue weighted by molar-refractivity contribution is 7.98. The lowest BCUT2D eigenvalue weighted by Crippen LogP contribution is -2.11. The average Bonchev–Trinajstić information content (AvgIpc) is 2.98. The molecule has 1 aromatic carbocycles. The van der Waals surface area contributed by atoms with Gasteiger partial charge in [-0.1, -0.05) is 56.8 Å². The molecule has 0 aliphatic heterocycles. The van der Waals surface area contributed by atoms with Gasteiger partial charge in [-0.15, -0.1) is 11.3 Å². The molecule has 0 radical (unpaired) electrons. The number of aryl methyl sites for hydroxylation is 2. The predicted molar refractivity (Wildman–Crippen MR) is 112 cm³/mol. The van der Waals surface area contributed by atoms with Crippen molar-refractivity contribution in [2.45, 2.75) is 62.8 Å². The van der Waals surface area contributed by atoms with Crippen LogP contribution in [0.4, 0.5) is 0 Å². The Hall–Kier alpha value is -1.59. The number of nitrogens with zero attached hydrogens (tertiary/aromatic N) is 1. The van der Waals surface area contributed by atoms with Crippen molar-refractivity contribution >= 4 is 33.3 Å². The molecule has 4 rings (SSSR count). The first-order valence-corrected chi connectivity index (χ1v) is 11.0. The van der Waals surface area contributed by atoms with E-state index in [-0.39, 0.29) is 11.0 Å². The van der Waals surface area contributed by atoms with Gasteiger partial charge in [0, 0.05) is 10.6 Å². The second-order valence-electron chi connectivity index (χ2n) is 8.00. The molecule has 3 aromatic rings. The van der Waals surface area contributed by atoms with E-state index in [4.69, 9.17) is 4.98 Å². The summed E-state index contributed by atoms with van der Waals surface area (Å²) in [6.07, 6.45) is 4.52. The largest absolute Gasteiger partial charge is 0.301 e. The van der Waals surface area contributed by atoms with E-state index in [1.54, 1.807) is 23.1 Å². The molecule has 1 aliphatic rings. The van der Waals surface area contributed by atoms with Gasteiger partial charge in [-0.3, -0.25) is 4.79 Å². The van der Waals surface area contributed by atoms with Crippen LogP contribution in [-0.4, -0.2) is 9.97 Å². The summed E-state index contributed by atoms with van der Waals surface area (Å²) in [5.74, 6) is 0.809. The second kappa shape index (κ2) is 6.86. The van der Waals surface area contributed by atoms with Crippen LogP contribution < -0.4 is 5.56 Å². The predicted octanol–water partition coefficient (Wildman–Crippen LogP) is 5.45. The SMILES string of the molecule is CC(C)(C)c1ccc(CSc2nc3sc4c(c3c(=O)[nH]2)CCCC4)cc1. The van der Waals surface area contributed by atoms with Crippen LogP contribution in [0.3, 0.4) is 0 Å². The topological polar surface area (TPSA) is 45.8 Å². The molecule has 0 spiro atoms. The summed E-state index contributed by atoms with van der Waals surface area (Å²) < 4.78 is 0. The third-order valence-corrected chi connectivity index (χ3v) is 7.13.